The number of nitrogens with zero attached hydrogens (tertiary/aromatic N) is 6. The molecule has 13 N–H and O–H groups in total. The van der Waals surface area contributed by atoms with Crippen molar-refractivity contribution < 1.29 is 81.4 Å². The number of aliphatic hydroxyl groups excluding tert-OH is 2. The molecule has 0 radical (unpaired) electrons. The Morgan fingerprint density at radius 3 is 1.31 bits per heavy atom. The Balaban J connectivity index is 0.000000248. The minimum absolute atomic E-state index is 0. The fourth-order valence-electron chi connectivity index (χ4n) is 16.6. The van der Waals surface area contributed by atoms with Gasteiger partial charge in [0.25, 0.3) is 23.6 Å². The number of aliphatic carboxylic acids is 1. The van der Waals surface area contributed by atoms with Gasteiger partial charge in [-0.2, -0.15) is 0 Å². The zero-order chi connectivity index (χ0) is 75.5. The van der Waals surface area contributed by atoms with Gasteiger partial charge in [-0.15, -0.1) is 13.2 Å². The second-order valence-electron chi connectivity index (χ2n) is 33.5. The molecule has 0 aromatic carbocycles. The molecule has 4 heterocycles. The van der Waals surface area contributed by atoms with Crippen molar-refractivity contribution in [2.75, 3.05) is 26.2 Å². The van der Waals surface area contributed by atoms with Gasteiger partial charge in [0, 0.05) is 63.3 Å². The largest absolute Gasteiger partial charge is 1.00 e. The zero-order valence-corrected chi connectivity index (χ0v) is 63.4. The number of fused-ring (bicyclic) bond motifs is 2. The van der Waals surface area contributed by atoms with Crippen molar-refractivity contribution in [3.63, 3.8) is 0 Å². The normalized spacial score (nSPS) is 24.7. The molecule has 104 heavy (non-hydrogen) atoms. The summed E-state index contributed by atoms with van der Waals surface area (Å²) >= 11 is 0. The van der Waals surface area contributed by atoms with Gasteiger partial charge in [0.1, 0.15) is 53.7 Å². The second kappa shape index (κ2) is 36.2. The maximum absolute atomic E-state index is 14.6. The maximum atomic E-state index is 14.6. The molecule has 2 aromatic heterocycles. The van der Waals surface area contributed by atoms with E-state index in [9.17, 15) is 63.3 Å². The van der Waals surface area contributed by atoms with Gasteiger partial charge in [-0.3, -0.25) is 53.1 Å². The molecule has 0 spiro atoms. The molecular formula is C76H117ClN14O13. The summed E-state index contributed by atoms with van der Waals surface area (Å²) < 4.78 is 0. The maximum Gasteiger partial charge on any atom is 0.326 e. The monoisotopic (exact) mass is 1470 g/mol. The summed E-state index contributed by atoms with van der Waals surface area (Å²) in [7, 11) is 0. The SMILES string of the molecule is C=CCNC(=O)C(O)C(CC1CCC1)NC(=O)[C@@H]1[C@@H]2[C@H](CN1C(=O)[C@@H](NC(=O)[C@@H](NC(=O)c1cnccn1)C1CCCCC1)C(C)(C)C)C2(C)C.C=CCNC(=O)C(O)C([NH3+])CC1CCC1.CC(C)(C)[C@H](NC(=O)[C@@H](NC(=O)c1cnccn1)C1CCCCC1)C(=O)N1C[C@H]2[C@@H]([C@H]1C(=O)O)C2(C)C.[Cl-]. The molecule has 2 aromatic rings. The number of rotatable bonds is 27. The van der Waals surface area contributed by atoms with E-state index in [-0.39, 0.29) is 106 Å². The van der Waals surface area contributed by atoms with Crippen molar-refractivity contribution in [1.29, 1.82) is 0 Å². The zero-order valence-electron chi connectivity index (χ0n) is 62.7. The molecule has 27 nitrogen and oxygen atoms in total. The molecule has 2 aliphatic heterocycles. The highest BCUT2D eigenvalue weighted by Crippen LogP contribution is 2.66. The molecule has 9 amide bonds. The first-order valence-electron chi connectivity index (χ1n) is 37.5. The lowest BCUT2D eigenvalue weighted by molar-refractivity contribution is -0.437. The summed E-state index contributed by atoms with van der Waals surface area (Å²) in [5.74, 6) is -4.23. The predicted octanol–water partition coefficient (Wildman–Crippen LogP) is 1.22. The van der Waals surface area contributed by atoms with Crippen LogP contribution in [0.1, 0.15) is 206 Å². The van der Waals surface area contributed by atoms with Crippen LogP contribution in [0.4, 0.5) is 0 Å². The summed E-state index contributed by atoms with van der Waals surface area (Å²) in [5, 5.41) is 50.6. The van der Waals surface area contributed by atoms with Crippen molar-refractivity contribution in [3.8, 4) is 0 Å². The highest BCUT2D eigenvalue weighted by molar-refractivity contribution is 6.00. The van der Waals surface area contributed by atoms with Crippen LogP contribution in [0, 0.1) is 69.0 Å². The Hall–Kier alpha value is -7.49. The summed E-state index contributed by atoms with van der Waals surface area (Å²) in [6.45, 7) is 27.8. The van der Waals surface area contributed by atoms with Gasteiger partial charge in [0.05, 0.1) is 18.4 Å². The number of carboxylic acids is 1. The van der Waals surface area contributed by atoms with Gasteiger partial charge in [-0.1, -0.05) is 158 Å². The van der Waals surface area contributed by atoms with Crippen LogP contribution in [-0.2, 0) is 38.4 Å². The van der Waals surface area contributed by atoms with Crippen molar-refractivity contribution in [3.05, 3.63) is 73.9 Å². The molecule has 8 fully saturated rings. The second-order valence-corrected chi connectivity index (χ2v) is 33.5. The molecule has 6 saturated carbocycles. The van der Waals surface area contributed by atoms with Gasteiger partial charge < -0.3 is 80.5 Å². The Morgan fingerprint density at radius 2 is 0.942 bits per heavy atom. The molecule has 576 valence electrons. The number of amides is 9. The molecule has 2 saturated heterocycles. The Bertz CT molecular complexity index is 3330. The highest BCUT2D eigenvalue weighted by Gasteiger charge is 2.71. The minimum atomic E-state index is -1.46. The van der Waals surface area contributed by atoms with Gasteiger partial charge in [-0.05, 0) is 95.2 Å². The lowest BCUT2D eigenvalue weighted by atomic mass is 9.79. The molecule has 8 aliphatic rings. The number of aromatic nitrogens is 4. The number of piperidine rings is 2. The summed E-state index contributed by atoms with van der Waals surface area (Å²) in [5.41, 5.74) is 2.35. The average molecular weight is 1470 g/mol. The number of carboxylic acid groups (broad SMARTS) is 1. The van der Waals surface area contributed by atoms with E-state index in [2.05, 4.69) is 89.9 Å². The Morgan fingerprint density at radius 1 is 0.548 bits per heavy atom. The summed E-state index contributed by atoms with van der Waals surface area (Å²) in [6.07, 6.45) is 26.2. The van der Waals surface area contributed by atoms with E-state index >= 15 is 0 Å². The van der Waals surface area contributed by atoms with Crippen molar-refractivity contribution in [2.24, 2.45) is 69.0 Å². The quantitative estimate of drug-likeness (QED) is 0.0560. The van der Waals surface area contributed by atoms with Crippen molar-refractivity contribution in [1.82, 2.24) is 67.0 Å². The van der Waals surface area contributed by atoms with Crippen LogP contribution < -0.4 is 55.4 Å². The fourth-order valence-corrected chi connectivity index (χ4v) is 16.6. The molecule has 10 rings (SSSR count). The average Bonchev–Trinajstić information content (AvgIpc) is 1.53. The molecular weight excluding hydrogens is 1350 g/mol. The number of carbonyl (C=O) groups is 10. The van der Waals surface area contributed by atoms with E-state index in [0.717, 1.165) is 89.9 Å². The first kappa shape index (κ1) is 83.8. The molecule has 6 aliphatic carbocycles. The van der Waals surface area contributed by atoms with Crippen LogP contribution in [-0.4, -0.2) is 191 Å². The van der Waals surface area contributed by atoms with E-state index in [1.807, 2.05) is 55.4 Å². The minimum Gasteiger partial charge on any atom is -1.00 e. The first-order valence-corrected chi connectivity index (χ1v) is 37.5. The number of carbonyl (C=O) groups excluding carboxylic acids is 9. The van der Waals surface area contributed by atoms with Gasteiger partial charge in [0.15, 0.2) is 12.2 Å². The summed E-state index contributed by atoms with van der Waals surface area (Å²) in [6, 6.07) is -6.42. The molecule has 0 bridgehead atoms. The number of aliphatic hydroxyl groups is 2. The van der Waals surface area contributed by atoms with E-state index in [1.54, 1.807) is 11.0 Å². The standard InChI is InChI=1S/C38H57N7O6.C27H39N5O5.C11H20N2O2.ClH/c1-7-16-41-35(50)30(46)25(19-22-12-11-13-22)42-34(49)29-27-24(38(27,5)6)21-45(29)36(51)31(37(2,3)4)44-33(48)28(23-14-9-8-10-15-23)43-32(47)26-20-39-17-18-40-26;1-26(2,3)21(24(35)32-14-16-18(27(16,4)5)20(32)25(36)37)31-23(34)19(15-9-7-6-8-10-15)30-22(33)17-13-28-11-12-29-17;1-2-6-13-11(15)10(14)9(12)7-8-4-3-5-8;/h7,17-18,20,22-25,27-31,46H,1,8-16,19,21H2,2-6H3,(H,41,50)(H,42,49)(H,43,47)(H,44,48);11-13,15-16,18-21H,6-10,14H2,1-5H3,(H,30,33)(H,31,34)(H,36,37);2,8-10,14H,1,3-7,12H2,(H,13,15);1H/t24-,25?,27-,28-,29-,30?,31+;16-,18-,19-,20-,21+;;/m00../s1. The Kier molecular flexibility index (Phi) is 29.2. The fraction of sp³-hybridized carbons (Fsp3) is 0.711. The van der Waals surface area contributed by atoms with Crippen LogP contribution in [0.25, 0.3) is 0 Å². The molecule has 4 unspecified atom stereocenters. The molecule has 28 heteroatoms. The van der Waals surface area contributed by atoms with Crippen LogP contribution in [0.2, 0.25) is 0 Å². The van der Waals surface area contributed by atoms with Crippen molar-refractivity contribution >= 4 is 59.1 Å². The van der Waals surface area contributed by atoms with E-state index < -0.39 is 107 Å². The first-order chi connectivity index (χ1) is 48.6. The van der Waals surface area contributed by atoms with Gasteiger partial charge in [0.2, 0.25) is 29.5 Å². The number of nitrogens with one attached hydrogen (secondary N) is 7. The third-order valence-corrected chi connectivity index (χ3v) is 23.5. The van der Waals surface area contributed by atoms with Crippen LogP contribution in [0.5, 0.6) is 0 Å². The van der Waals surface area contributed by atoms with E-state index in [1.165, 1.54) is 67.4 Å². The van der Waals surface area contributed by atoms with Crippen LogP contribution >= 0.6 is 0 Å². The third kappa shape index (κ3) is 20.6. The van der Waals surface area contributed by atoms with Crippen LogP contribution in [0.3, 0.4) is 0 Å². The third-order valence-electron chi connectivity index (χ3n) is 23.5. The predicted molar refractivity (Wildman–Crippen MR) is 384 cm³/mol. The van der Waals surface area contributed by atoms with Crippen molar-refractivity contribution in [2.45, 2.75) is 245 Å². The smallest absolute Gasteiger partial charge is 0.326 e. The van der Waals surface area contributed by atoms with Crippen LogP contribution in [0.15, 0.2) is 62.5 Å². The number of hydrogen-bond acceptors (Lipinski definition) is 16. The number of hydrogen-bond donors (Lipinski definition) is 11. The lowest BCUT2D eigenvalue weighted by Gasteiger charge is -2.39. The highest BCUT2D eigenvalue weighted by atomic mass is 35.5. The Labute approximate surface area is 619 Å². The van der Waals surface area contributed by atoms with Gasteiger partial charge in [-0.25, -0.2) is 14.8 Å². The number of halogens is 1. The topological polar surface area (TPSA) is 401 Å². The van der Waals surface area contributed by atoms with Gasteiger partial charge >= 0.3 is 5.97 Å². The lowest BCUT2D eigenvalue weighted by Crippen LogP contribution is -3.00. The van der Waals surface area contributed by atoms with E-state index in [0.29, 0.717) is 32.0 Å². The molecule has 14 atom stereocenters. The number of likely N-dealkylation sites (tertiary alicyclic amines) is 2. The number of quaternary nitrogens is 1. The summed E-state index contributed by atoms with van der Waals surface area (Å²) in [4.78, 5) is 152. The van der Waals surface area contributed by atoms with E-state index in [4.69, 9.17) is 0 Å².